The minimum Gasteiger partial charge on any atom is -0.0508 e. The molecule has 0 aliphatic heterocycles. The van der Waals surface area contributed by atoms with E-state index in [-0.39, 0.29) is 0 Å². The van der Waals surface area contributed by atoms with Gasteiger partial charge in [0, 0.05) is 13.4 Å². The molecule has 0 atom stereocenters. The lowest BCUT2D eigenvalue weighted by Crippen LogP contribution is -1.79. The Morgan fingerprint density at radius 3 is 1.91 bits per heavy atom. The van der Waals surface area contributed by atoms with Crippen molar-refractivity contribution in [2.75, 3.05) is 0 Å². The first-order chi connectivity index (χ1) is 5.15. The third-order valence-electron chi connectivity index (χ3n) is 1.13. The van der Waals surface area contributed by atoms with Crippen LogP contribution in [0, 0.1) is 12.3 Å². The second-order valence-corrected chi connectivity index (χ2v) is 4.49. The highest BCUT2D eigenvalue weighted by Gasteiger charge is 2.02. The first-order valence-corrected chi connectivity index (χ1v) is 5.10. The van der Waals surface area contributed by atoms with Crippen LogP contribution in [0.2, 0.25) is 0 Å². The average Bonchev–Trinajstić information content (AvgIpc) is 1.85. The molecule has 0 saturated carbocycles. The molecular formula is C8H2Br3. The van der Waals surface area contributed by atoms with Gasteiger partial charge in [-0.2, -0.15) is 0 Å². The predicted octanol–water partition coefficient (Wildman–Crippen LogP) is 3.91. The lowest BCUT2D eigenvalue weighted by Gasteiger charge is -1.99. The number of halogens is 3. The van der Waals surface area contributed by atoms with Crippen molar-refractivity contribution in [2.45, 2.75) is 0 Å². The molecule has 11 heavy (non-hydrogen) atoms. The van der Waals surface area contributed by atoms with E-state index in [1.165, 1.54) is 0 Å². The molecule has 1 aromatic carbocycles. The van der Waals surface area contributed by atoms with Gasteiger partial charge in [0.15, 0.2) is 0 Å². The number of benzene rings is 1. The molecule has 0 saturated heterocycles. The van der Waals surface area contributed by atoms with Crippen molar-refractivity contribution in [1.29, 1.82) is 0 Å². The molecule has 55 valence electrons. The standard InChI is InChI=1S/C8H2Br3/c1-2-6-7(10)3-5(9)4-8(6)11/h3-4H. The topological polar surface area (TPSA) is 0 Å². The van der Waals surface area contributed by atoms with Gasteiger partial charge in [-0.15, -0.1) is 0 Å². The van der Waals surface area contributed by atoms with E-state index in [1.54, 1.807) is 0 Å². The molecule has 1 radical (unpaired) electrons. The molecule has 0 spiro atoms. The fraction of sp³-hybridized carbons (Fsp3) is 0. The van der Waals surface area contributed by atoms with E-state index in [1.807, 2.05) is 12.1 Å². The molecule has 0 amide bonds. The maximum Gasteiger partial charge on any atom is 0.0540 e. The zero-order valence-corrected chi connectivity index (χ0v) is 10.0. The van der Waals surface area contributed by atoms with E-state index in [9.17, 15) is 0 Å². The van der Waals surface area contributed by atoms with Crippen molar-refractivity contribution in [3.8, 4) is 5.92 Å². The summed E-state index contributed by atoms with van der Waals surface area (Å²) in [6.45, 7) is 0. The van der Waals surface area contributed by atoms with Crippen LogP contribution in [-0.2, 0) is 0 Å². The third-order valence-corrected chi connectivity index (χ3v) is 2.84. The maximum absolute atomic E-state index is 6.97. The second-order valence-electron chi connectivity index (χ2n) is 1.87. The van der Waals surface area contributed by atoms with Gasteiger partial charge in [-0.3, -0.25) is 0 Å². The van der Waals surface area contributed by atoms with Crippen molar-refractivity contribution in [1.82, 2.24) is 0 Å². The van der Waals surface area contributed by atoms with E-state index >= 15 is 0 Å². The van der Waals surface area contributed by atoms with Crippen LogP contribution in [-0.4, -0.2) is 0 Å². The molecule has 0 bridgehead atoms. The summed E-state index contributed by atoms with van der Waals surface area (Å²) in [7, 11) is 0. The third kappa shape index (κ3) is 2.08. The SMILES string of the molecule is [C]#Cc1c(Br)cc(Br)cc1Br. The van der Waals surface area contributed by atoms with Crippen LogP contribution in [0.25, 0.3) is 0 Å². The Kier molecular flexibility index (Phi) is 3.17. The Labute approximate surface area is 90.8 Å². The van der Waals surface area contributed by atoms with Gasteiger partial charge in [-0.25, -0.2) is 0 Å². The van der Waals surface area contributed by atoms with Crippen molar-refractivity contribution in [3.63, 3.8) is 0 Å². The van der Waals surface area contributed by atoms with Gasteiger partial charge >= 0.3 is 0 Å². The number of hydrogen-bond acceptors (Lipinski definition) is 0. The van der Waals surface area contributed by atoms with Crippen LogP contribution in [0.5, 0.6) is 0 Å². The van der Waals surface area contributed by atoms with Crippen LogP contribution in [0.1, 0.15) is 5.56 Å². The van der Waals surface area contributed by atoms with Crippen molar-refractivity contribution >= 4 is 47.8 Å². The van der Waals surface area contributed by atoms with Crippen molar-refractivity contribution in [3.05, 3.63) is 37.5 Å². The summed E-state index contributed by atoms with van der Waals surface area (Å²) < 4.78 is 2.68. The molecule has 0 aromatic heterocycles. The fourth-order valence-corrected chi connectivity index (χ4v) is 3.12. The average molecular weight is 338 g/mol. The monoisotopic (exact) mass is 335 g/mol. The van der Waals surface area contributed by atoms with E-state index < -0.39 is 0 Å². The first kappa shape index (κ1) is 9.31. The predicted molar refractivity (Wildman–Crippen MR) is 55.8 cm³/mol. The van der Waals surface area contributed by atoms with Gasteiger partial charge in [0.1, 0.15) is 0 Å². The van der Waals surface area contributed by atoms with Gasteiger partial charge < -0.3 is 0 Å². The molecule has 0 aliphatic carbocycles. The molecular weight excluding hydrogens is 336 g/mol. The Morgan fingerprint density at radius 2 is 1.55 bits per heavy atom. The van der Waals surface area contributed by atoms with E-state index in [2.05, 4.69) is 53.7 Å². The quantitative estimate of drug-likeness (QED) is 0.630. The molecule has 0 heterocycles. The Balaban J connectivity index is 3.40. The van der Waals surface area contributed by atoms with Gasteiger partial charge in [0.2, 0.25) is 0 Å². The summed E-state index contributed by atoms with van der Waals surface area (Å²) >= 11 is 9.96. The van der Waals surface area contributed by atoms with Crippen molar-refractivity contribution < 1.29 is 0 Å². The number of rotatable bonds is 0. The molecule has 0 aliphatic rings. The molecule has 1 rings (SSSR count). The molecule has 0 unspecified atom stereocenters. The summed E-state index contributed by atoms with van der Waals surface area (Å²) in [5, 5.41) is 0. The zero-order valence-electron chi connectivity index (χ0n) is 5.29. The van der Waals surface area contributed by atoms with E-state index in [0.29, 0.717) is 0 Å². The smallest absolute Gasteiger partial charge is 0.0508 e. The van der Waals surface area contributed by atoms with Gasteiger partial charge in [0.05, 0.1) is 5.56 Å². The molecule has 1 aromatic rings. The first-order valence-electron chi connectivity index (χ1n) is 2.72. The zero-order chi connectivity index (χ0) is 8.43. The minimum absolute atomic E-state index is 0.730. The summed E-state index contributed by atoms with van der Waals surface area (Å²) in [4.78, 5) is 0. The van der Waals surface area contributed by atoms with E-state index in [0.717, 1.165) is 19.0 Å². The molecule has 0 N–H and O–H groups in total. The normalized spacial score (nSPS) is 9.27. The van der Waals surface area contributed by atoms with Crippen molar-refractivity contribution in [2.24, 2.45) is 0 Å². The molecule has 0 nitrogen and oxygen atoms in total. The highest BCUT2D eigenvalue weighted by atomic mass is 79.9. The van der Waals surface area contributed by atoms with Gasteiger partial charge in [-0.1, -0.05) is 21.9 Å². The highest BCUT2D eigenvalue weighted by molar-refractivity contribution is 9.11. The van der Waals surface area contributed by atoms with Crippen LogP contribution in [0.3, 0.4) is 0 Å². The molecule has 3 heteroatoms. The fourth-order valence-electron chi connectivity index (χ4n) is 0.662. The van der Waals surface area contributed by atoms with Crippen LogP contribution in [0.4, 0.5) is 0 Å². The molecule has 0 fully saturated rings. The van der Waals surface area contributed by atoms with E-state index in [4.69, 9.17) is 6.42 Å². The Bertz CT molecular complexity index is 300. The minimum atomic E-state index is 0.730. The summed E-state index contributed by atoms with van der Waals surface area (Å²) in [5.41, 5.74) is 0.730. The summed E-state index contributed by atoms with van der Waals surface area (Å²) in [6, 6.07) is 3.75. The largest absolute Gasteiger partial charge is 0.0540 e. The Hall–Kier alpha value is 0.220. The lowest BCUT2D eigenvalue weighted by atomic mass is 10.2. The number of hydrogen-bond donors (Lipinski definition) is 0. The Morgan fingerprint density at radius 1 is 1.09 bits per heavy atom. The van der Waals surface area contributed by atoms with Crippen LogP contribution >= 0.6 is 47.8 Å². The van der Waals surface area contributed by atoms with Crippen LogP contribution in [0.15, 0.2) is 25.6 Å². The maximum atomic E-state index is 6.97. The summed E-state index contributed by atoms with van der Waals surface area (Å²) in [5.74, 6) is 2.33. The second kappa shape index (κ2) is 3.75. The van der Waals surface area contributed by atoms with Gasteiger partial charge in [-0.05, 0) is 50.4 Å². The summed E-state index contributed by atoms with van der Waals surface area (Å²) in [6.07, 6.45) is 6.97. The van der Waals surface area contributed by atoms with Gasteiger partial charge in [0.25, 0.3) is 0 Å². The highest BCUT2D eigenvalue weighted by Crippen LogP contribution is 2.28. The van der Waals surface area contributed by atoms with Crippen LogP contribution < -0.4 is 0 Å². The lowest BCUT2D eigenvalue weighted by molar-refractivity contribution is 1.51.